The number of Topliss-reactive ketones (excluding diaryl/α,β-unsaturated/α-hetero) is 1. The van der Waals surface area contributed by atoms with E-state index >= 15 is 0 Å². The normalized spacial score (nSPS) is 21.3. The Morgan fingerprint density at radius 3 is 2.41 bits per heavy atom. The van der Waals surface area contributed by atoms with Gasteiger partial charge in [0.1, 0.15) is 11.5 Å². The Labute approximate surface area is 187 Å². The number of carbonyl (C=O) groups is 2. The molecule has 0 spiro atoms. The van der Waals surface area contributed by atoms with Gasteiger partial charge in [-0.1, -0.05) is 29.8 Å². The number of rotatable bonds is 5. The van der Waals surface area contributed by atoms with Gasteiger partial charge >= 0.3 is 0 Å². The lowest BCUT2D eigenvalue weighted by molar-refractivity contribution is -0.140. The molecule has 7 heteroatoms. The summed E-state index contributed by atoms with van der Waals surface area (Å²) in [5, 5.41) is 21.0. The standard InChI is InChI=1S/C25H28N2O5/c1-16-3-4-17(2)20(15-16)23(29)21-22(18-5-7-19(28)8-6-18)27(25(31)24(21)30)10-9-26-11-13-32-14-12-26/h3-8,15,22,28-29H,9-14H2,1-2H3/b23-21+. The van der Waals surface area contributed by atoms with Crippen LogP contribution in [0.15, 0.2) is 48.0 Å². The number of aryl methyl sites for hydroxylation is 2. The Bertz CT molecular complexity index is 1050. The van der Waals surface area contributed by atoms with Crippen LogP contribution < -0.4 is 0 Å². The van der Waals surface area contributed by atoms with Gasteiger partial charge in [0.2, 0.25) is 0 Å². The quantitative estimate of drug-likeness (QED) is 0.426. The van der Waals surface area contributed by atoms with Crippen molar-refractivity contribution in [1.29, 1.82) is 0 Å². The highest BCUT2D eigenvalue weighted by atomic mass is 16.5. The SMILES string of the molecule is Cc1ccc(C)c(/C(O)=C2\C(=O)C(=O)N(CCN3CCOCC3)C2c2ccc(O)cc2)c1. The molecule has 2 aromatic rings. The first-order valence-corrected chi connectivity index (χ1v) is 10.8. The minimum atomic E-state index is -0.725. The summed E-state index contributed by atoms with van der Waals surface area (Å²) < 4.78 is 5.39. The van der Waals surface area contributed by atoms with E-state index in [0.29, 0.717) is 37.4 Å². The Morgan fingerprint density at radius 1 is 1.03 bits per heavy atom. The Morgan fingerprint density at radius 2 is 1.72 bits per heavy atom. The minimum absolute atomic E-state index is 0.0800. The molecule has 2 fully saturated rings. The third-order valence-electron chi connectivity index (χ3n) is 6.16. The lowest BCUT2D eigenvalue weighted by Gasteiger charge is -2.31. The number of hydrogen-bond acceptors (Lipinski definition) is 6. The molecule has 2 aliphatic rings. The van der Waals surface area contributed by atoms with Crippen LogP contribution in [-0.4, -0.2) is 71.1 Å². The number of carbonyl (C=O) groups excluding carboxylic acids is 2. The molecule has 0 aliphatic carbocycles. The number of ketones is 1. The van der Waals surface area contributed by atoms with Crippen LogP contribution in [0.1, 0.15) is 28.3 Å². The van der Waals surface area contributed by atoms with E-state index < -0.39 is 17.7 Å². The van der Waals surface area contributed by atoms with Crippen molar-refractivity contribution in [3.8, 4) is 5.75 Å². The highest BCUT2D eigenvalue weighted by Crippen LogP contribution is 2.40. The molecule has 0 radical (unpaired) electrons. The van der Waals surface area contributed by atoms with Gasteiger partial charge < -0.3 is 19.8 Å². The first-order valence-electron chi connectivity index (χ1n) is 10.8. The Hall–Kier alpha value is -3.16. The molecule has 2 N–H and O–H groups in total. The Kier molecular flexibility index (Phi) is 6.30. The van der Waals surface area contributed by atoms with E-state index in [9.17, 15) is 19.8 Å². The molecule has 2 aromatic carbocycles. The van der Waals surface area contributed by atoms with Gasteiger partial charge in [0, 0.05) is 31.7 Å². The molecule has 4 rings (SSSR count). The third-order valence-corrected chi connectivity index (χ3v) is 6.16. The van der Waals surface area contributed by atoms with Gasteiger partial charge in [0.25, 0.3) is 11.7 Å². The maximum absolute atomic E-state index is 13.1. The second kappa shape index (κ2) is 9.14. The first kappa shape index (κ1) is 22.0. The van der Waals surface area contributed by atoms with Crippen molar-refractivity contribution in [3.05, 3.63) is 70.3 Å². The van der Waals surface area contributed by atoms with Crippen LogP contribution in [0.25, 0.3) is 5.76 Å². The number of aliphatic hydroxyl groups is 1. The third kappa shape index (κ3) is 4.26. The van der Waals surface area contributed by atoms with Crippen LogP contribution in [-0.2, 0) is 14.3 Å². The average molecular weight is 437 g/mol. The molecule has 168 valence electrons. The maximum Gasteiger partial charge on any atom is 0.295 e. The first-order chi connectivity index (χ1) is 15.4. The average Bonchev–Trinajstić information content (AvgIpc) is 3.05. The number of hydrogen-bond donors (Lipinski definition) is 2. The van der Waals surface area contributed by atoms with E-state index in [1.165, 1.54) is 17.0 Å². The highest BCUT2D eigenvalue weighted by molar-refractivity contribution is 6.46. The van der Waals surface area contributed by atoms with Gasteiger partial charge in [-0.15, -0.1) is 0 Å². The summed E-state index contributed by atoms with van der Waals surface area (Å²) in [5.74, 6) is -1.39. The lowest BCUT2D eigenvalue weighted by Crippen LogP contribution is -2.42. The summed E-state index contributed by atoms with van der Waals surface area (Å²) in [5.41, 5.74) is 3.05. The molecule has 0 aromatic heterocycles. The monoisotopic (exact) mass is 436 g/mol. The number of ether oxygens (including phenoxy) is 1. The van der Waals surface area contributed by atoms with Crippen molar-refractivity contribution in [3.63, 3.8) is 0 Å². The van der Waals surface area contributed by atoms with Gasteiger partial charge in [0.05, 0.1) is 24.8 Å². The summed E-state index contributed by atoms with van der Waals surface area (Å²) in [6.45, 7) is 7.56. The largest absolute Gasteiger partial charge is 0.508 e. The summed E-state index contributed by atoms with van der Waals surface area (Å²) in [4.78, 5) is 29.9. The number of aromatic hydroxyl groups is 1. The van der Waals surface area contributed by atoms with Gasteiger partial charge in [-0.05, 0) is 43.2 Å². The fourth-order valence-electron chi connectivity index (χ4n) is 4.32. The Balaban J connectivity index is 1.76. The van der Waals surface area contributed by atoms with E-state index in [1.807, 2.05) is 32.0 Å². The number of benzene rings is 2. The number of nitrogens with zero attached hydrogens (tertiary/aromatic N) is 2. The topological polar surface area (TPSA) is 90.3 Å². The van der Waals surface area contributed by atoms with Crippen molar-refractivity contribution in [2.45, 2.75) is 19.9 Å². The predicted octanol–water partition coefficient (Wildman–Crippen LogP) is 2.76. The fourth-order valence-corrected chi connectivity index (χ4v) is 4.32. The van der Waals surface area contributed by atoms with Crippen LogP contribution in [0, 0.1) is 13.8 Å². The fraction of sp³-hybridized carbons (Fsp3) is 0.360. The summed E-state index contributed by atoms with van der Waals surface area (Å²) >= 11 is 0. The molecular weight excluding hydrogens is 408 g/mol. The zero-order chi connectivity index (χ0) is 22.8. The van der Waals surface area contributed by atoms with E-state index in [1.54, 1.807) is 12.1 Å². The van der Waals surface area contributed by atoms with Crippen LogP contribution >= 0.6 is 0 Å². The molecule has 2 aliphatic heterocycles. The van der Waals surface area contributed by atoms with Crippen molar-refractivity contribution < 1.29 is 24.5 Å². The number of morpholine rings is 1. The summed E-state index contributed by atoms with van der Waals surface area (Å²) in [6.07, 6.45) is 0. The highest BCUT2D eigenvalue weighted by Gasteiger charge is 2.46. The smallest absolute Gasteiger partial charge is 0.295 e. The zero-order valence-electron chi connectivity index (χ0n) is 18.4. The van der Waals surface area contributed by atoms with Gasteiger partial charge in [0.15, 0.2) is 0 Å². The van der Waals surface area contributed by atoms with Gasteiger partial charge in [-0.25, -0.2) is 0 Å². The van der Waals surface area contributed by atoms with E-state index in [4.69, 9.17) is 4.74 Å². The number of aliphatic hydroxyl groups excluding tert-OH is 1. The molecule has 32 heavy (non-hydrogen) atoms. The maximum atomic E-state index is 13.1. The van der Waals surface area contributed by atoms with Crippen molar-refractivity contribution in [2.75, 3.05) is 39.4 Å². The number of likely N-dealkylation sites (tertiary alicyclic amines) is 1. The second-order valence-electron chi connectivity index (χ2n) is 8.36. The minimum Gasteiger partial charge on any atom is -0.508 e. The van der Waals surface area contributed by atoms with Gasteiger partial charge in [-0.2, -0.15) is 0 Å². The van der Waals surface area contributed by atoms with Gasteiger partial charge in [-0.3, -0.25) is 14.5 Å². The molecule has 7 nitrogen and oxygen atoms in total. The van der Waals surface area contributed by atoms with Crippen LogP contribution in [0.4, 0.5) is 0 Å². The van der Waals surface area contributed by atoms with E-state index in [-0.39, 0.29) is 17.1 Å². The van der Waals surface area contributed by atoms with Crippen molar-refractivity contribution in [2.24, 2.45) is 0 Å². The molecule has 1 unspecified atom stereocenters. The molecule has 0 bridgehead atoms. The van der Waals surface area contributed by atoms with E-state index in [2.05, 4.69) is 4.90 Å². The van der Waals surface area contributed by atoms with Crippen LogP contribution in [0.3, 0.4) is 0 Å². The van der Waals surface area contributed by atoms with Crippen LogP contribution in [0.5, 0.6) is 5.75 Å². The summed E-state index contributed by atoms with van der Waals surface area (Å²) in [7, 11) is 0. The lowest BCUT2D eigenvalue weighted by atomic mass is 9.93. The molecule has 2 saturated heterocycles. The van der Waals surface area contributed by atoms with E-state index in [0.717, 1.165) is 24.2 Å². The van der Waals surface area contributed by atoms with Crippen LogP contribution in [0.2, 0.25) is 0 Å². The summed E-state index contributed by atoms with van der Waals surface area (Å²) in [6, 6.07) is 11.3. The molecule has 2 heterocycles. The molecule has 1 atom stereocenters. The number of phenolic OH excluding ortho intramolecular Hbond substituents is 1. The predicted molar refractivity (Wildman–Crippen MR) is 120 cm³/mol. The number of phenols is 1. The van der Waals surface area contributed by atoms with Crippen molar-refractivity contribution in [1.82, 2.24) is 9.80 Å². The molecular formula is C25H28N2O5. The second-order valence-corrected chi connectivity index (χ2v) is 8.36. The molecule has 0 saturated carbocycles. The van der Waals surface area contributed by atoms with Crippen molar-refractivity contribution >= 4 is 17.4 Å². The molecule has 1 amide bonds. The zero-order valence-corrected chi connectivity index (χ0v) is 18.4. The number of amides is 1.